The average molecular weight is 290 g/mol. The molecule has 21 heavy (non-hydrogen) atoms. The van der Waals surface area contributed by atoms with Crippen LogP contribution in [0.2, 0.25) is 0 Å². The monoisotopic (exact) mass is 290 g/mol. The van der Waals surface area contributed by atoms with Crippen LogP contribution in [0.15, 0.2) is 18.2 Å². The van der Waals surface area contributed by atoms with Crippen molar-refractivity contribution in [3.8, 4) is 6.07 Å². The summed E-state index contributed by atoms with van der Waals surface area (Å²) in [7, 11) is 0. The Balaban J connectivity index is 2.17. The van der Waals surface area contributed by atoms with Gasteiger partial charge in [0.1, 0.15) is 11.9 Å². The maximum absolute atomic E-state index is 14.1. The van der Waals surface area contributed by atoms with E-state index in [2.05, 4.69) is 0 Å². The van der Waals surface area contributed by atoms with Crippen molar-refractivity contribution in [2.75, 3.05) is 13.1 Å². The van der Waals surface area contributed by atoms with E-state index in [0.717, 1.165) is 0 Å². The highest BCUT2D eigenvalue weighted by molar-refractivity contribution is 5.75. The van der Waals surface area contributed by atoms with Gasteiger partial charge in [0.05, 0.1) is 11.0 Å². The predicted molar refractivity (Wildman–Crippen MR) is 75.9 cm³/mol. The van der Waals surface area contributed by atoms with Crippen molar-refractivity contribution in [3.05, 3.63) is 35.1 Å². The standard InChI is InChI=1S/C16H19FN2O2/c1-11(2)16(15(20)21)6-7-19(10-16)9-13-5-3-4-12(8-18)14(13)17/h3-5,11H,6-7,9-10H2,1-2H3,(H,20,21). The molecule has 0 amide bonds. The fourth-order valence-electron chi connectivity index (χ4n) is 2.97. The first-order valence-corrected chi connectivity index (χ1v) is 7.04. The van der Waals surface area contributed by atoms with E-state index in [-0.39, 0.29) is 11.5 Å². The van der Waals surface area contributed by atoms with Crippen LogP contribution in [0.1, 0.15) is 31.4 Å². The molecule has 1 aliphatic rings. The van der Waals surface area contributed by atoms with Gasteiger partial charge in [-0.15, -0.1) is 0 Å². The first-order valence-electron chi connectivity index (χ1n) is 7.04. The number of carbonyl (C=O) groups is 1. The Morgan fingerprint density at radius 1 is 1.57 bits per heavy atom. The molecule has 0 bridgehead atoms. The molecule has 112 valence electrons. The van der Waals surface area contributed by atoms with Gasteiger partial charge in [0.15, 0.2) is 0 Å². The van der Waals surface area contributed by atoms with Crippen molar-refractivity contribution >= 4 is 5.97 Å². The number of carboxylic acid groups (broad SMARTS) is 1. The Hall–Kier alpha value is -1.93. The molecule has 2 rings (SSSR count). The van der Waals surface area contributed by atoms with Crippen LogP contribution in [0.5, 0.6) is 0 Å². The molecular weight excluding hydrogens is 271 g/mol. The second kappa shape index (κ2) is 5.82. The van der Waals surface area contributed by atoms with E-state index in [0.29, 0.717) is 31.6 Å². The minimum absolute atomic E-state index is 0.0234. The van der Waals surface area contributed by atoms with E-state index >= 15 is 0 Å². The molecule has 1 unspecified atom stereocenters. The van der Waals surface area contributed by atoms with Crippen LogP contribution in [0.4, 0.5) is 4.39 Å². The van der Waals surface area contributed by atoms with Gasteiger partial charge >= 0.3 is 5.97 Å². The lowest BCUT2D eigenvalue weighted by atomic mass is 9.76. The van der Waals surface area contributed by atoms with Crippen molar-refractivity contribution in [1.82, 2.24) is 4.90 Å². The second-order valence-corrected chi connectivity index (χ2v) is 5.97. The van der Waals surface area contributed by atoms with Gasteiger partial charge in [0.2, 0.25) is 0 Å². The number of likely N-dealkylation sites (tertiary alicyclic amines) is 1. The predicted octanol–water partition coefficient (Wildman–Crippen LogP) is 2.63. The van der Waals surface area contributed by atoms with Gasteiger partial charge in [0.25, 0.3) is 0 Å². The second-order valence-electron chi connectivity index (χ2n) is 5.97. The molecule has 1 aromatic rings. The summed E-state index contributed by atoms with van der Waals surface area (Å²) in [5.74, 6) is -1.26. The Kier molecular flexibility index (Phi) is 4.29. The average Bonchev–Trinajstić information content (AvgIpc) is 2.86. The summed E-state index contributed by atoms with van der Waals surface area (Å²) in [6, 6.07) is 6.57. The maximum atomic E-state index is 14.1. The number of hydrogen-bond acceptors (Lipinski definition) is 3. The van der Waals surface area contributed by atoms with Crippen molar-refractivity contribution < 1.29 is 14.3 Å². The molecule has 1 N–H and O–H groups in total. The minimum Gasteiger partial charge on any atom is -0.481 e. The van der Waals surface area contributed by atoms with Gasteiger partial charge in [-0.1, -0.05) is 26.0 Å². The number of benzene rings is 1. The Morgan fingerprint density at radius 2 is 2.29 bits per heavy atom. The van der Waals surface area contributed by atoms with Crippen LogP contribution < -0.4 is 0 Å². The molecule has 0 radical (unpaired) electrons. The number of halogens is 1. The van der Waals surface area contributed by atoms with Crippen molar-refractivity contribution in [2.24, 2.45) is 11.3 Å². The third-order valence-corrected chi connectivity index (χ3v) is 4.50. The van der Waals surface area contributed by atoms with Gasteiger partial charge < -0.3 is 5.11 Å². The smallest absolute Gasteiger partial charge is 0.311 e. The number of hydrogen-bond donors (Lipinski definition) is 1. The van der Waals surface area contributed by atoms with Crippen LogP contribution >= 0.6 is 0 Å². The van der Waals surface area contributed by atoms with Gasteiger partial charge in [-0.3, -0.25) is 9.69 Å². The van der Waals surface area contributed by atoms with Crippen molar-refractivity contribution in [2.45, 2.75) is 26.8 Å². The number of rotatable bonds is 4. The summed E-state index contributed by atoms with van der Waals surface area (Å²) in [4.78, 5) is 13.5. The molecule has 1 fully saturated rings. The molecule has 5 heteroatoms. The highest BCUT2D eigenvalue weighted by atomic mass is 19.1. The summed E-state index contributed by atoms with van der Waals surface area (Å²) >= 11 is 0. The number of nitrogens with zero attached hydrogens (tertiary/aromatic N) is 2. The zero-order valence-electron chi connectivity index (χ0n) is 12.3. The number of carboxylic acids is 1. The minimum atomic E-state index is -0.786. The molecule has 0 aromatic heterocycles. The molecule has 0 saturated carbocycles. The van der Waals surface area contributed by atoms with Crippen molar-refractivity contribution in [3.63, 3.8) is 0 Å². The fraction of sp³-hybridized carbons (Fsp3) is 0.500. The first-order chi connectivity index (χ1) is 9.90. The molecule has 0 spiro atoms. The Morgan fingerprint density at radius 3 is 2.81 bits per heavy atom. The summed E-state index contributed by atoms with van der Waals surface area (Å²) in [5.41, 5.74) is -0.289. The quantitative estimate of drug-likeness (QED) is 0.926. The number of nitriles is 1. The normalized spacial score (nSPS) is 22.4. The van der Waals surface area contributed by atoms with Crippen LogP contribution in [0.25, 0.3) is 0 Å². The van der Waals surface area contributed by atoms with Crippen LogP contribution in [-0.4, -0.2) is 29.1 Å². The zero-order valence-corrected chi connectivity index (χ0v) is 12.3. The lowest BCUT2D eigenvalue weighted by Gasteiger charge is -2.29. The molecule has 1 saturated heterocycles. The highest BCUT2D eigenvalue weighted by Gasteiger charge is 2.47. The summed E-state index contributed by atoms with van der Waals surface area (Å²) in [6.45, 7) is 5.20. The third kappa shape index (κ3) is 2.77. The largest absolute Gasteiger partial charge is 0.481 e. The van der Waals surface area contributed by atoms with Crippen LogP contribution in [0, 0.1) is 28.5 Å². The molecule has 4 nitrogen and oxygen atoms in total. The molecule has 1 aliphatic heterocycles. The van der Waals surface area contributed by atoms with E-state index in [1.54, 1.807) is 12.1 Å². The molecular formula is C16H19FN2O2. The summed E-state index contributed by atoms with van der Waals surface area (Å²) < 4.78 is 14.1. The van der Waals surface area contributed by atoms with Crippen LogP contribution in [0.3, 0.4) is 0 Å². The summed E-state index contributed by atoms with van der Waals surface area (Å²) in [6.07, 6.45) is 0.569. The van der Waals surface area contributed by atoms with Crippen LogP contribution in [-0.2, 0) is 11.3 Å². The topological polar surface area (TPSA) is 64.3 Å². The van der Waals surface area contributed by atoms with E-state index in [1.165, 1.54) is 6.07 Å². The van der Waals surface area contributed by atoms with Gasteiger partial charge in [-0.05, 0) is 24.9 Å². The van der Waals surface area contributed by atoms with Crippen molar-refractivity contribution in [1.29, 1.82) is 5.26 Å². The highest BCUT2D eigenvalue weighted by Crippen LogP contribution is 2.38. The number of aliphatic carboxylic acids is 1. The first kappa shape index (κ1) is 15.5. The maximum Gasteiger partial charge on any atom is 0.311 e. The zero-order chi connectivity index (χ0) is 15.6. The van der Waals surface area contributed by atoms with Gasteiger partial charge in [-0.2, -0.15) is 5.26 Å². The van der Waals surface area contributed by atoms with E-state index in [4.69, 9.17) is 5.26 Å². The lowest BCUT2D eigenvalue weighted by molar-refractivity contribution is -0.151. The third-order valence-electron chi connectivity index (χ3n) is 4.50. The Bertz CT molecular complexity index is 594. The van der Waals surface area contributed by atoms with E-state index < -0.39 is 17.2 Å². The van der Waals surface area contributed by atoms with Gasteiger partial charge in [0, 0.05) is 18.7 Å². The lowest BCUT2D eigenvalue weighted by Crippen LogP contribution is -2.39. The molecule has 0 aliphatic carbocycles. The summed E-state index contributed by atoms with van der Waals surface area (Å²) in [5, 5.41) is 18.4. The van der Waals surface area contributed by atoms with E-state index in [9.17, 15) is 14.3 Å². The molecule has 1 atom stereocenters. The Labute approximate surface area is 123 Å². The molecule has 1 heterocycles. The SMILES string of the molecule is CC(C)C1(C(=O)O)CCN(Cc2cccc(C#N)c2F)C1. The van der Waals surface area contributed by atoms with Gasteiger partial charge in [-0.25, -0.2) is 4.39 Å². The molecule has 1 aromatic carbocycles. The van der Waals surface area contributed by atoms with E-state index in [1.807, 2.05) is 24.8 Å². The fourth-order valence-corrected chi connectivity index (χ4v) is 2.97.